The predicted molar refractivity (Wildman–Crippen MR) is 66.9 cm³/mol. The molecule has 0 fully saturated rings. The van der Waals surface area contributed by atoms with Gasteiger partial charge >= 0.3 is 5.97 Å². The largest absolute Gasteiger partial charge is 0.363 e. The lowest BCUT2D eigenvalue weighted by Gasteiger charge is -2.42. The molecular weight excluding hydrogens is 202 g/mol. The lowest BCUT2D eigenvalue weighted by molar-refractivity contribution is -0.242. The van der Waals surface area contributed by atoms with Gasteiger partial charge in [-0.2, -0.15) is 0 Å². The van der Waals surface area contributed by atoms with Crippen molar-refractivity contribution in [2.75, 3.05) is 0 Å². The zero-order valence-electron chi connectivity index (χ0n) is 11.7. The highest BCUT2D eigenvalue weighted by Crippen LogP contribution is 2.25. The number of nitrogens with zero attached hydrogens (tertiary/aromatic N) is 1. The van der Waals surface area contributed by atoms with Crippen LogP contribution in [0.3, 0.4) is 0 Å². The summed E-state index contributed by atoms with van der Waals surface area (Å²) in [5.41, 5.74) is 0.0302. The minimum atomic E-state index is -0.340. The minimum Gasteiger partial charge on any atom is -0.363 e. The Morgan fingerprint density at radius 3 is 1.75 bits per heavy atom. The molecule has 94 valence electrons. The van der Waals surface area contributed by atoms with Crippen LogP contribution in [0.15, 0.2) is 12.2 Å². The Kier molecular flexibility index (Phi) is 4.74. The fraction of sp³-hybridized carbons (Fsp3) is 0.769. The van der Waals surface area contributed by atoms with E-state index in [1.165, 1.54) is 0 Å². The zero-order chi connectivity index (χ0) is 13.1. The van der Waals surface area contributed by atoms with Crippen LogP contribution in [0, 0.1) is 0 Å². The molecule has 0 amide bonds. The lowest BCUT2D eigenvalue weighted by atomic mass is 10.00. The van der Waals surface area contributed by atoms with Gasteiger partial charge < -0.3 is 4.84 Å². The second-order valence-corrected chi connectivity index (χ2v) is 5.97. The summed E-state index contributed by atoms with van der Waals surface area (Å²) in [4.78, 5) is 17.1. The van der Waals surface area contributed by atoms with Crippen LogP contribution in [0.25, 0.3) is 0 Å². The molecule has 0 aromatic rings. The van der Waals surface area contributed by atoms with Crippen molar-refractivity contribution in [2.24, 2.45) is 0 Å². The molecule has 0 aliphatic carbocycles. The highest BCUT2D eigenvalue weighted by molar-refractivity contribution is 5.87. The van der Waals surface area contributed by atoms with Crippen LogP contribution in [-0.4, -0.2) is 22.1 Å². The first-order valence-electron chi connectivity index (χ1n) is 5.70. The van der Waals surface area contributed by atoms with E-state index in [1.54, 1.807) is 5.06 Å². The van der Waals surface area contributed by atoms with Crippen molar-refractivity contribution >= 4 is 5.97 Å². The maximum absolute atomic E-state index is 11.7. The van der Waals surface area contributed by atoms with E-state index < -0.39 is 0 Å². The van der Waals surface area contributed by atoms with E-state index in [9.17, 15) is 4.79 Å². The first kappa shape index (κ1) is 15.2. The molecule has 0 aromatic heterocycles. The van der Waals surface area contributed by atoms with E-state index in [0.29, 0.717) is 12.0 Å². The quantitative estimate of drug-likeness (QED) is 0.547. The molecule has 0 heterocycles. The second kappa shape index (κ2) is 5.00. The van der Waals surface area contributed by atoms with Gasteiger partial charge in [-0.25, -0.2) is 4.79 Å². The third-order valence-corrected chi connectivity index (χ3v) is 2.11. The summed E-state index contributed by atoms with van der Waals surface area (Å²) in [6, 6.07) is 0. The maximum Gasteiger partial charge on any atom is 0.352 e. The van der Waals surface area contributed by atoms with Crippen LogP contribution >= 0.6 is 0 Å². The SMILES string of the molecule is C=C(CC)C(=O)ON(C(C)(C)C)C(C)(C)C. The Morgan fingerprint density at radius 2 is 1.50 bits per heavy atom. The summed E-state index contributed by atoms with van der Waals surface area (Å²) in [5, 5.41) is 1.73. The van der Waals surface area contributed by atoms with Crippen LogP contribution < -0.4 is 0 Å². The van der Waals surface area contributed by atoms with Crippen LogP contribution in [0.4, 0.5) is 0 Å². The molecule has 0 spiro atoms. The summed E-state index contributed by atoms with van der Waals surface area (Å²) in [6.07, 6.45) is 0.612. The van der Waals surface area contributed by atoms with Crippen LogP contribution in [-0.2, 0) is 9.63 Å². The van der Waals surface area contributed by atoms with Gasteiger partial charge in [-0.15, -0.1) is 5.06 Å². The van der Waals surface area contributed by atoms with Crippen molar-refractivity contribution in [1.29, 1.82) is 0 Å². The number of carbonyl (C=O) groups excluding carboxylic acids is 1. The smallest absolute Gasteiger partial charge is 0.352 e. The molecule has 0 aliphatic rings. The van der Waals surface area contributed by atoms with Crippen LogP contribution in [0.5, 0.6) is 0 Å². The van der Waals surface area contributed by atoms with E-state index in [1.807, 2.05) is 48.5 Å². The van der Waals surface area contributed by atoms with Gasteiger partial charge in [-0.1, -0.05) is 13.5 Å². The summed E-state index contributed by atoms with van der Waals surface area (Å²) < 4.78 is 0. The highest BCUT2D eigenvalue weighted by Gasteiger charge is 2.35. The van der Waals surface area contributed by atoms with E-state index in [0.717, 1.165) is 0 Å². The molecule has 0 radical (unpaired) electrons. The van der Waals surface area contributed by atoms with Gasteiger partial charge in [0.25, 0.3) is 0 Å². The molecule has 0 aliphatic heterocycles. The van der Waals surface area contributed by atoms with Crippen molar-refractivity contribution in [3.8, 4) is 0 Å². The molecule has 16 heavy (non-hydrogen) atoms. The third kappa shape index (κ3) is 4.35. The Bertz CT molecular complexity index is 255. The van der Waals surface area contributed by atoms with Gasteiger partial charge in [-0.05, 0) is 48.0 Å². The van der Waals surface area contributed by atoms with E-state index in [2.05, 4.69) is 6.58 Å². The Morgan fingerprint density at radius 1 is 1.12 bits per heavy atom. The summed E-state index contributed by atoms with van der Waals surface area (Å²) in [6.45, 7) is 17.7. The van der Waals surface area contributed by atoms with E-state index >= 15 is 0 Å². The molecule has 0 rings (SSSR count). The van der Waals surface area contributed by atoms with Crippen molar-refractivity contribution in [1.82, 2.24) is 5.06 Å². The second-order valence-electron chi connectivity index (χ2n) is 5.97. The predicted octanol–water partition coefficient (Wildman–Crippen LogP) is 3.31. The van der Waals surface area contributed by atoms with Gasteiger partial charge in [0.15, 0.2) is 0 Å². The highest BCUT2D eigenvalue weighted by atomic mass is 16.7. The Balaban J connectivity index is 4.85. The molecule has 0 unspecified atom stereocenters. The summed E-state index contributed by atoms with van der Waals surface area (Å²) in [7, 11) is 0. The van der Waals surface area contributed by atoms with E-state index in [-0.39, 0.29) is 17.0 Å². The van der Waals surface area contributed by atoms with Crippen molar-refractivity contribution < 1.29 is 9.63 Å². The minimum absolute atomic E-state index is 0.234. The van der Waals surface area contributed by atoms with Crippen LogP contribution in [0.1, 0.15) is 54.9 Å². The van der Waals surface area contributed by atoms with E-state index in [4.69, 9.17) is 4.84 Å². The van der Waals surface area contributed by atoms with Crippen molar-refractivity contribution in [3.05, 3.63) is 12.2 Å². The number of carbonyl (C=O) groups is 1. The van der Waals surface area contributed by atoms with Gasteiger partial charge in [0.2, 0.25) is 0 Å². The zero-order valence-corrected chi connectivity index (χ0v) is 11.7. The Hall–Kier alpha value is -0.830. The molecule has 0 aromatic carbocycles. The van der Waals surface area contributed by atoms with Gasteiger partial charge in [0.1, 0.15) is 0 Å². The normalized spacial score (nSPS) is 12.8. The molecule has 0 saturated heterocycles. The topological polar surface area (TPSA) is 29.5 Å². The van der Waals surface area contributed by atoms with Gasteiger partial charge in [-0.3, -0.25) is 0 Å². The van der Waals surface area contributed by atoms with Crippen molar-refractivity contribution in [2.45, 2.75) is 66.0 Å². The van der Waals surface area contributed by atoms with Crippen LogP contribution in [0.2, 0.25) is 0 Å². The summed E-state index contributed by atoms with van der Waals surface area (Å²) in [5.74, 6) is -0.340. The fourth-order valence-corrected chi connectivity index (χ4v) is 1.57. The molecular formula is C13H25NO2. The number of rotatable bonds is 3. The molecule has 0 saturated carbocycles. The third-order valence-electron chi connectivity index (χ3n) is 2.11. The number of hydrogen-bond acceptors (Lipinski definition) is 3. The fourth-order valence-electron chi connectivity index (χ4n) is 1.57. The molecule has 3 nitrogen and oxygen atoms in total. The first-order chi connectivity index (χ1) is 7.00. The lowest BCUT2D eigenvalue weighted by Crippen LogP contribution is -2.53. The molecule has 0 N–H and O–H groups in total. The molecule has 3 heteroatoms. The average Bonchev–Trinajstić information content (AvgIpc) is 2.08. The number of hydroxylamine groups is 2. The summed E-state index contributed by atoms with van der Waals surface area (Å²) >= 11 is 0. The number of hydrogen-bond donors (Lipinski definition) is 0. The van der Waals surface area contributed by atoms with Gasteiger partial charge in [0.05, 0.1) is 0 Å². The standard InChI is InChI=1S/C13H25NO2/c1-9-10(2)11(15)16-14(12(3,4)5)13(6,7)8/h2,9H2,1,3-8H3. The Labute approximate surface area is 99.4 Å². The maximum atomic E-state index is 11.7. The molecule has 0 atom stereocenters. The molecule has 0 bridgehead atoms. The van der Waals surface area contributed by atoms with Gasteiger partial charge in [0, 0.05) is 16.7 Å². The first-order valence-corrected chi connectivity index (χ1v) is 5.70. The van der Waals surface area contributed by atoms with Crippen molar-refractivity contribution in [3.63, 3.8) is 0 Å². The average molecular weight is 227 g/mol. The monoisotopic (exact) mass is 227 g/mol.